The lowest BCUT2D eigenvalue weighted by Crippen LogP contribution is -2.33. The zero-order valence-electron chi connectivity index (χ0n) is 10.8. The van der Waals surface area contributed by atoms with E-state index in [-0.39, 0.29) is 6.10 Å². The van der Waals surface area contributed by atoms with Gasteiger partial charge in [0.25, 0.3) is 0 Å². The van der Waals surface area contributed by atoms with Gasteiger partial charge in [0, 0.05) is 12.6 Å². The SMILES string of the molecule is C[C@@H]1CC[C@H](N(C)C[C@H](O)c2ccccc2)C1. The van der Waals surface area contributed by atoms with Crippen molar-refractivity contribution in [2.75, 3.05) is 13.6 Å². The molecule has 94 valence electrons. The third kappa shape index (κ3) is 3.30. The number of nitrogens with zero attached hydrogens (tertiary/aromatic N) is 1. The summed E-state index contributed by atoms with van der Waals surface area (Å²) in [5.41, 5.74) is 1.02. The van der Waals surface area contributed by atoms with Crippen LogP contribution in [0.2, 0.25) is 0 Å². The van der Waals surface area contributed by atoms with Crippen molar-refractivity contribution in [3.8, 4) is 0 Å². The van der Waals surface area contributed by atoms with Crippen LogP contribution >= 0.6 is 0 Å². The second-order valence-electron chi connectivity index (χ2n) is 5.44. The summed E-state index contributed by atoms with van der Waals surface area (Å²) >= 11 is 0. The molecule has 0 aliphatic heterocycles. The predicted octanol–water partition coefficient (Wildman–Crippen LogP) is 2.84. The van der Waals surface area contributed by atoms with Crippen LogP contribution in [0.4, 0.5) is 0 Å². The van der Waals surface area contributed by atoms with Crippen LogP contribution in [0.1, 0.15) is 37.9 Å². The van der Waals surface area contributed by atoms with Crippen LogP contribution in [0, 0.1) is 5.92 Å². The minimum absolute atomic E-state index is 0.364. The molecule has 0 saturated heterocycles. The lowest BCUT2D eigenvalue weighted by Gasteiger charge is -2.26. The molecule has 0 spiro atoms. The highest BCUT2D eigenvalue weighted by molar-refractivity contribution is 5.17. The van der Waals surface area contributed by atoms with Gasteiger partial charge in [0.15, 0.2) is 0 Å². The minimum Gasteiger partial charge on any atom is -0.387 e. The Morgan fingerprint density at radius 3 is 2.59 bits per heavy atom. The average molecular weight is 233 g/mol. The van der Waals surface area contributed by atoms with Crippen molar-refractivity contribution >= 4 is 0 Å². The Morgan fingerprint density at radius 1 is 1.29 bits per heavy atom. The van der Waals surface area contributed by atoms with Gasteiger partial charge in [-0.3, -0.25) is 0 Å². The van der Waals surface area contributed by atoms with Gasteiger partial charge < -0.3 is 10.0 Å². The van der Waals surface area contributed by atoms with Gasteiger partial charge in [-0.1, -0.05) is 37.3 Å². The fourth-order valence-corrected chi connectivity index (χ4v) is 2.78. The van der Waals surface area contributed by atoms with E-state index >= 15 is 0 Å². The van der Waals surface area contributed by atoms with Crippen molar-refractivity contribution in [2.24, 2.45) is 5.92 Å². The van der Waals surface area contributed by atoms with Crippen LogP contribution in [0.3, 0.4) is 0 Å². The van der Waals surface area contributed by atoms with Gasteiger partial charge in [-0.2, -0.15) is 0 Å². The van der Waals surface area contributed by atoms with E-state index in [4.69, 9.17) is 0 Å². The van der Waals surface area contributed by atoms with Crippen LogP contribution in [0.25, 0.3) is 0 Å². The highest BCUT2D eigenvalue weighted by Crippen LogP contribution is 2.29. The molecule has 1 N–H and O–H groups in total. The lowest BCUT2D eigenvalue weighted by atomic mass is 10.1. The normalized spacial score (nSPS) is 26.4. The van der Waals surface area contributed by atoms with E-state index in [0.717, 1.165) is 18.0 Å². The topological polar surface area (TPSA) is 23.5 Å². The minimum atomic E-state index is -0.364. The third-order valence-corrected chi connectivity index (χ3v) is 3.94. The summed E-state index contributed by atoms with van der Waals surface area (Å²) in [5, 5.41) is 10.2. The second-order valence-corrected chi connectivity index (χ2v) is 5.44. The number of aliphatic hydroxyl groups excluding tert-OH is 1. The Labute approximate surface area is 104 Å². The van der Waals surface area contributed by atoms with Crippen LogP contribution < -0.4 is 0 Å². The quantitative estimate of drug-likeness (QED) is 0.864. The van der Waals surface area contributed by atoms with Crippen molar-refractivity contribution in [3.05, 3.63) is 35.9 Å². The molecule has 1 aromatic carbocycles. The molecule has 0 radical (unpaired) electrons. The maximum Gasteiger partial charge on any atom is 0.0916 e. The molecule has 17 heavy (non-hydrogen) atoms. The van der Waals surface area contributed by atoms with Gasteiger partial charge >= 0.3 is 0 Å². The van der Waals surface area contributed by atoms with Crippen molar-refractivity contribution < 1.29 is 5.11 Å². The molecule has 1 aliphatic carbocycles. The highest BCUT2D eigenvalue weighted by Gasteiger charge is 2.25. The predicted molar refractivity (Wildman–Crippen MR) is 70.8 cm³/mol. The first-order valence-electron chi connectivity index (χ1n) is 6.60. The van der Waals surface area contributed by atoms with E-state index in [0.29, 0.717) is 6.04 Å². The third-order valence-electron chi connectivity index (χ3n) is 3.94. The summed E-state index contributed by atoms with van der Waals surface area (Å²) in [4.78, 5) is 2.32. The van der Waals surface area contributed by atoms with E-state index in [2.05, 4.69) is 18.9 Å². The van der Waals surface area contributed by atoms with Crippen molar-refractivity contribution in [3.63, 3.8) is 0 Å². The summed E-state index contributed by atoms with van der Waals surface area (Å²) in [5.74, 6) is 0.844. The molecule has 0 heterocycles. The first kappa shape index (κ1) is 12.6. The Morgan fingerprint density at radius 2 is 2.00 bits per heavy atom. The first-order valence-corrected chi connectivity index (χ1v) is 6.60. The molecule has 0 aromatic heterocycles. The fourth-order valence-electron chi connectivity index (χ4n) is 2.78. The standard InChI is InChI=1S/C15H23NO/c1-12-8-9-14(10-12)16(2)11-15(17)13-6-4-3-5-7-13/h3-7,12,14-15,17H,8-11H2,1-2H3/t12-,14+,15+/m1/s1. The molecular weight excluding hydrogens is 210 g/mol. The Bertz CT molecular complexity index is 338. The smallest absolute Gasteiger partial charge is 0.0916 e. The van der Waals surface area contributed by atoms with E-state index in [1.54, 1.807) is 0 Å². The molecule has 0 bridgehead atoms. The van der Waals surface area contributed by atoms with E-state index in [1.807, 2.05) is 30.3 Å². The van der Waals surface area contributed by atoms with Gasteiger partial charge in [-0.05, 0) is 37.8 Å². The van der Waals surface area contributed by atoms with Gasteiger partial charge in [0.05, 0.1) is 6.10 Å². The highest BCUT2D eigenvalue weighted by atomic mass is 16.3. The lowest BCUT2D eigenvalue weighted by molar-refractivity contribution is 0.104. The molecule has 2 heteroatoms. The zero-order chi connectivity index (χ0) is 12.3. The monoisotopic (exact) mass is 233 g/mol. The second kappa shape index (κ2) is 5.65. The number of likely N-dealkylation sites (N-methyl/N-ethyl adjacent to an activating group) is 1. The summed E-state index contributed by atoms with van der Waals surface area (Å²) in [7, 11) is 2.13. The maximum atomic E-state index is 10.2. The van der Waals surface area contributed by atoms with Crippen molar-refractivity contribution in [2.45, 2.75) is 38.3 Å². The molecule has 0 unspecified atom stereocenters. The molecule has 1 fully saturated rings. The number of aliphatic hydroxyl groups is 1. The molecule has 0 amide bonds. The Kier molecular flexibility index (Phi) is 4.19. The van der Waals surface area contributed by atoms with Gasteiger partial charge in [-0.15, -0.1) is 0 Å². The average Bonchev–Trinajstić information content (AvgIpc) is 2.77. The van der Waals surface area contributed by atoms with Gasteiger partial charge in [-0.25, -0.2) is 0 Å². The molecular formula is C15H23NO. The summed E-state index contributed by atoms with van der Waals surface area (Å²) < 4.78 is 0. The van der Waals surface area contributed by atoms with E-state index in [1.165, 1.54) is 19.3 Å². The number of hydrogen-bond donors (Lipinski definition) is 1. The van der Waals surface area contributed by atoms with Crippen LogP contribution in [0.15, 0.2) is 30.3 Å². The van der Waals surface area contributed by atoms with Crippen molar-refractivity contribution in [1.29, 1.82) is 0 Å². The number of benzene rings is 1. The molecule has 1 aromatic rings. The largest absolute Gasteiger partial charge is 0.387 e. The van der Waals surface area contributed by atoms with Crippen LogP contribution in [0.5, 0.6) is 0 Å². The summed E-state index contributed by atoms with van der Waals surface area (Å²) in [6, 6.07) is 10.6. The fraction of sp³-hybridized carbons (Fsp3) is 0.600. The first-order chi connectivity index (χ1) is 8.16. The summed E-state index contributed by atoms with van der Waals surface area (Å²) in [6.07, 6.45) is 3.52. The Balaban J connectivity index is 1.88. The Hall–Kier alpha value is -0.860. The molecule has 2 nitrogen and oxygen atoms in total. The van der Waals surface area contributed by atoms with E-state index in [9.17, 15) is 5.11 Å². The number of hydrogen-bond acceptors (Lipinski definition) is 2. The van der Waals surface area contributed by atoms with Crippen LogP contribution in [-0.4, -0.2) is 29.6 Å². The summed E-state index contributed by atoms with van der Waals surface area (Å²) in [6.45, 7) is 3.06. The molecule has 1 aliphatic rings. The van der Waals surface area contributed by atoms with Gasteiger partial charge in [0.1, 0.15) is 0 Å². The van der Waals surface area contributed by atoms with Crippen molar-refractivity contribution in [1.82, 2.24) is 4.90 Å². The number of rotatable bonds is 4. The zero-order valence-corrected chi connectivity index (χ0v) is 10.8. The molecule has 2 rings (SSSR count). The molecule has 3 atom stereocenters. The molecule has 1 saturated carbocycles. The van der Waals surface area contributed by atoms with Gasteiger partial charge in [0.2, 0.25) is 0 Å². The van der Waals surface area contributed by atoms with Crippen LogP contribution in [-0.2, 0) is 0 Å². The van der Waals surface area contributed by atoms with E-state index < -0.39 is 0 Å². The maximum absolute atomic E-state index is 10.2.